The summed E-state index contributed by atoms with van der Waals surface area (Å²) in [5, 5.41) is 8.25. The van der Waals surface area contributed by atoms with Crippen molar-refractivity contribution in [2.75, 3.05) is 24.0 Å². The monoisotopic (exact) mass is 366 g/mol. The van der Waals surface area contributed by atoms with Crippen LogP contribution in [-0.2, 0) is 6.54 Å². The molecule has 0 bridgehead atoms. The second-order valence-electron chi connectivity index (χ2n) is 6.42. The SMILES string of the molecule is COc1ncc2c(n1)N(Cc1ccc(C)cc1F)C(c1cccnn1)N2C. The molecule has 4 rings (SSSR count). The van der Waals surface area contributed by atoms with Crippen molar-refractivity contribution in [1.29, 1.82) is 0 Å². The molecule has 1 aliphatic heterocycles. The molecule has 1 unspecified atom stereocenters. The minimum atomic E-state index is -0.282. The Morgan fingerprint density at radius 2 is 2.11 bits per heavy atom. The highest BCUT2D eigenvalue weighted by Gasteiger charge is 2.38. The van der Waals surface area contributed by atoms with E-state index in [-0.39, 0.29) is 18.0 Å². The molecule has 0 fully saturated rings. The van der Waals surface area contributed by atoms with E-state index in [9.17, 15) is 4.39 Å². The molecule has 0 saturated carbocycles. The van der Waals surface area contributed by atoms with Gasteiger partial charge in [-0.15, -0.1) is 0 Å². The predicted molar refractivity (Wildman–Crippen MR) is 99.1 cm³/mol. The topological polar surface area (TPSA) is 67.3 Å². The number of hydrogen-bond acceptors (Lipinski definition) is 7. The van der Waals surface area contributed by atoms with Crippen LogP contribution >= 0.6 is 0 Å². The van der Waals surface area contributed by atoms with Crippen LogP contribution in [0.1, 0.15) is 23.0 Å². The van der Waals surface area contributed by atoms with E-state index in [1.165, 1.54) is 13.2 Å². The number of aryl methyl sites for hydroxylation is 1. The Balaban J connectivity index is 1.81. The summed E-state index contributed by atoms with van der Waals surface area (Å²) in [6.45, 7) is 2.19. The van der Waals surface area contributed by atoms with Gasteiger partial charge in [-0.05, 0) is 30.7 Å². The Kier molecular flexibility index (Phi) is 4.31. The third-order valence-corrected chi connectivity index (χ3v) is 4.63. The highest BCUT2D eigenvalue weighted by Crippen LogP contribution is 2.44. The number of methoxy groups -OCH3 is 1. The summed E-state index contributed by atoms with van der Waals surface area (Å²) >= 11 is 0. The van der Waals surface area contributed by atoms with E-state index in [1.54, 1.807) is 18.5 Å². The van der Waals surface area contributed by atoms with Gasteiger partial charge in [0.15, 0.2) is 5.82 Å². The average Bonchev–Trinajstić information content (AvgIpc) is 2.96. The molecule has 0 amide bonds. The van der Waals surface area contributed by atoms with Crippen LogP contribution < -0.4 is 14.5 Å². The van der Waals surface area contributed by atoms with Crippen molar-refractivity contribution >= 4 is 11.5 Å². The van der Waals surface area contributed by atoms with Gasteiger partial charge in [-0.3, -0.25) is 0 Å². The molecule has 0 radical (unpaired) electrons. The van der Waals surface area contributed by atoms with Gasteiger partial charge in [0.2, 0.25) is 0 Å². The van der Waals surface area contributed by atoms with Crippen molar-refractivity contribution in [2.45, 2.75) is 19.6 Å². The molecule has 3 heterocycles. The second-order valence-corrected chi connectivity index (χ2v) is 6.42. The molecule has 7 nitrogen and oxygen atoms in total. The van der Waals surface area contributed by atoms with E-state index in [0.717, 1.165) is 16.9 Å². The van der Waals surface area contributed by atoms with Crippen molar-refractivity contribution in [3.63, 3.8) is 0 Å². The van der Waals surface area contributed by atoms with Gasteiger partial charge >= 0.3 is 6.01 Å². The van der Waals surface area contributed by atoms with Crippen LogP contribution in [0, 0.1) is 12.7 Å². The van der Waals surface area contributed by atoms with Crippen LogP contribution in [0.25, 0.3) is 0 Å². The summed E-state index contributed by atoms with van der Waals surface area (Å²) in [5.41, 5.74) is 3.02. The molecular weight excluding hydrogens is 347 g/mol. The Labute approximate surface area is 156 Å². The lowest BCUT2D eigenvalue weighted by Gasteiger charge is -2.29. The molecular formula is C19H19FN6O. The summed E-state index contributed by atoms with van der Waals surface area (Å²) in [5.74, 6) is 0.421. The van der Waals surface area contributed by atoms with Crippen LogP contribution in [0.5, 0.6) is 6.01 Å². The second kappa shape index (κ2) is 6.79. The molecule has 0 saturated heterocycles. The quantitative estimate of drug-likeness (QED) is 0.703. The van der Waals surface area contributed by atoms with Crippen molar-refractivity contribution < 1.29 is 9.13 Å². The number of anilines is 2. The van der Waals surface area contributed by atoms with Gasteiger partial charge in [0.1, 0.15) is 23.4 Å². The fraction of sp³-hybridized carbons (Fsp3) is 0.263. The van der Waals surface area contributed by atoms with Crippen molar-refractivity contribution in [1.82, 2.24) is 20.2 Å². The zero-order chi connectivity index (χ0) is 19.0. The van der Waals surface area contributed by atoms with Crippen LogP contribution in [0.2, 0.25) is 0 Å². The van der Waals surface area contributed by atoms with Crippen LogP contribution in [0.4, 0.5) is 15.9 Å². The third kappa shape index (κ3) is 3.03. The zero-order valence-electron chi connectivity index (χ0n) is 15.3. The van der Waals surface area contributed by atoms with Crippen LogP contribution in [0.3, 0.4) is 0 Å². The summed E-state index contributed by atoms with van der Waals surface area (Å²) in [7, 11) is 3.45. The maximum atomic E-state index is 14.5. The van der Waals surface area contributed by atoms with Gasteiger partial charge in [0.05, 0.1) is 13.3 Å². The van der Waals surface area contributed by atoms with E-state index < -0.39 is 0 Å². The van der Waals surface area contributed by atoms with E-state index in [4.69, 9.17) is 4.74 Å². The molecule has 3 aromatic rings. The van der Waals surface area contributed by atoms with Gasteiger partial charge in [-0.2, -0.15) is 15.2 Å². The first-order valence-corrected chi connectivity index (χ1v) is 8.51. The number of ether oxygens (including phenoxy) is 1. The lowest BCUT2D eigenvalue weighted by atomic mass is 10.1. The Morgan fingerprint density at radius 3 is 2.81 bits per heavy atom. The highest BCUT2D eigenvalue weighted by molar-refractivity contribution is 5.73. The molecule has 1 aliphatic rings. The average molecular weight is 366 g/mol. The van der Waals surface area contributed by atoms with E-state index in [0.29, 0.717) is 17.9 Å². The number of aromatic nitrogens is 4. The van der Waals surface area contributed by atoms with Crippen molar-refractivity contribution in [3.05, 3.63) is 65.4 Å². The fourth-order valence-corrected chi connectivity index (χ4v) is 3.30. The minimum absolute atomic E-state index is 0.245. The van der Waals surface area contributed by atoms with Crippen molar-refractivity contribution in [2.24, 2.45) is 0 Å². The minimum Gasteiger partial charge on any atom is -0.467 e. The standard InChI is InChI=1S/C19H19FN6O/c1-12-6-7-13(14(20)9-12)11-26-17-16(10-21-19(23-17)27-3)25(2)18(26)15-5-4-8-22-24-15/h4-10,18H,11H2,1-3H3. The molecule has 138 valence electrons. The molecule has 0 spiro atoms. The maximum absolute atomic E-state index is 14.5. The Morgan fingerprint density at radius 1 is 1.26 bits per heavy atom. The third-order valence-electron chi connectivity index (χ3n) is 4.63. The van der Waals surface area contributed by atoms with E-state index in [1.807, 2.05) is 42.0 Å². The number of nitrogens with zero attached hydrogens (tertiary/aromatic N) is 6. The first-order valence-electron chi connectivity index (χ1n) is 8.51. The van der Waals surface area contributed by atoms with Crippen LogP contribution in [0.15, 0.2) is 42.7 Å². The van der Waals surface area contributed by atoms with E-state index >= 15 is 0 Å². The summed E-state index contributed by atoms with van der Waals surface area (Å²) in [6, 6.07) is 9.22. The normalized spacial score (nSPS) is 15.8. The first-order chi connectivity index (χ1) is 13.1. The molecule has 0 N–H and O–H groups in total. The van der Waals surface area contributed by atoms with Gasteiger partial charge in [0, 0.05) is 25.4 Å². The molecule has 1 atom stereocenters. The highest BCUT2D eigenvalue weighted by atomic mass is 19.1. The Bertz CT molecular complexity index is 968. The first kappa shape index (κ1) is 17.1. The van der Waals surface area contributed by atoms with Gasteiger partial charge < -0.3 is 14.5 Å². The summed E-state index contributed by atoms with van der Waals surface area (Å²) < 4.78 is 19.7. The lowest BCUT2D eigenvalue weighted by Crippen LogP contribution is -2.34. The fourth-order valence-electron chi connectivity index (χ4n) is 3.30. The molecule has 8 heteroatoms. The van der Waals surface area contributed by atoms with E-state index in [2.05, 4.69) is 20.2 Å². The number of rotatable bonds is 4. The largest absolute Gasteiger partial charge is 0.467 e. The molecule has 27 heavy (non-hydrogen) atoms. The van der Waals surface area contributed by atoms with Gasteiger partial charge in [-0.1, -0.05) is 12.1 Å². The van der Waals surface area contributed by atoms with Crippen molar-refractivity contribution in [3.8, 4) is 6.01 Å². The maximum Gasteiger partial charge on any atom is 0.318 e. The predicted octanol–water partition coefficient (Wildman–Crippen LogP) is 2.88. The number of benzene rings is 1. The zero-order valence-corrected chi connectivity index (χ0v) is 15.3. The molecule has 1 aromatic carbocycles. The number of halogens is 1. The lowest BCUT2D eigenvalue weighted by molar-refractivity contribution is 0.380. The summed E-state index contributed by atoms with van der Waals surface area (Å²) in [6.07, 6.45) is 3.05. The smallest absolute Gasteiger partial charge is 0.318 e. The van der Waals surface area contributed by atoms with Gasteiger partial charge in [0.25, 0.3) is 0 Å². The van der Waals surface area contributed by atoms with Crippen LogP contribution in [-0.4, -0.2) is 34.3 Å². The number of fused-ring (bicyclic) bond motifs is 1. The molecule has 0 aliphatic carbocycles. The number of hydrogen-bond donors (Lipinski definition) is 0. The molecule has 2 aromatic heterocycles. The van der Waals surface area contributed by atoms with Gasteiger partial charge in [-0.25, -0.2) is 9.37 Å². The Hall–Kier alpha value is -3.29. The summed E-state index contributed by atoms with van der Waals surface area (Å²) in [4.78, 5) is 12.7.